The van der Waals surface area contributed by atoms with Crippen LogP contribution in [0.2, 0.25) is 0 Å². The van der Waals surface area contributed by atoms with Crippen molar-refractivity contribution in [1.29, 1.82) is 0 Å². The Bertz CT molecular complexity index is 288. The monoisotopic (exact) mass is 268 g/mol. The van der Waals surface area contributed by atoms with Gasteiger partial charge in [-0.05, 0) is 38.6 Å². The molecule has 0 spiro atoms. The van der Waals surface area contributed by atoms with Crippen LogP contribution in [0.1, 0.15) is 46.0 Å². The summed E-state index contributed by atoms with van der Waals surface area (Å²) in [5, 5.41) is 12.5. The summed E-state index contributed by atoms with van der Waals surface area (Å²) in [6.07, 6.45) is 7.47. The predicted molar refractivity (Wildman–Crippen MR) is 78.3 cm³/mol. The molecule has 1 atom stereocenters. The van der Waals surface area contributed by atoms with Gasteiger partial charge in [0.05, 0.1) is 6.54 Å². The molecule has 19 heavy (non-hydrogen) atoms. The molecule has 0 aromatic heterocycles. The van der Waals surface area contributed by atoms with E-state index in [9.17, 15) is 4.79 Å². The van der Waals surface area contributed by atoms with Crippen LogP contribution in [0.5, 0.6) is 0 Å². The third-order valence-corrected chi connectivity index (χ3v) is 4.06. The van der Waals surface area contributed by atoms with Crippen molar-refractivity contribution in [2.45, 2.75) is 64.1 Å². The van der Waals surface area contributed by atoms with E-state index in [1.165, 1.54) is 0 Å². The van der Waals surface area contributed by atoms with Crippen LogP contribution in [0.25, 0.3) is 0 Å². The highest BCUT2D eigenvalue weighted by molar-refractivity contribution is 5.69. The summed E-state index contributed by atoms with van der Waals surface area (Å²) in [6.45, 7) is 8.99. The topological polar surface area (TPSA) is 52.6 Å². The summed E-state index contributed by atoms with van der Waals surface area (Å²) in [5.74, 6) is -0.726. The molecule has 2 N–H and O–H groups in total. The molecule has 0 amide bonds. The number of allylic oxidation sites excluding steroid dienone is 1. The van der Waals surface area contributed by atoms with Crippen molar-refractivity contribution in [2.75, 3.05) is 13.1 Å². The van der Waals surface area contributed by atoms with Crippen LogP contribution in [0.15, 0.2) is 12.7 Å². The first-order valence-corrected chi connectivity index (χ1v) is 7.43. The zero-order chi connectivity index (χ0) is 14.3. The lowest BCUT2D eigenvalue weighted by molar-refractivity contribution is -0.139. The van der Waals surface area contributed by atoms with Crippen molar-refractivity contribution in [3.05, 3.63) is 12.7 Å². The van der Waals surface area contributed by atoms with E-state index in [1.807, 2.05) is 13.0 Å². The summed E-state index contributed by atoms with van der Waals surface area (Å²) in [5.41, 5.74) is 0. The fourth-order valence-electron chi connectivity index (χ4n) is 2.75. The molecule has 0 aliphatic heterocycles. The van der Waals surface area contributed by atoms with E-state index in [0.29, 0.717) is 18.1 Å². The minimum absolute atomic E-state index is 0.168. The third kappa shape index (κ3) is 5.33. The Hall–Kier alpha value is -0.870. The molecule has 0 radical (unpaired) electrons. The van der Waals surface area contributed by atoms with Gasteiger partial charge in [0.2, 0.25) is 0 Å². The Morgan fingerprint density at radius 3 is 2.68 bits per heavy atom. The Balaban J connectivity index is 2.27. The number of carboxylic acids is 1. The molecule has 1 saturated carbocycles. The average Bonchev–Trinajstić information content (AvgIpc) is 2.34. The van der Waals surface area contributed by atoms with Gasteiger partial charge in [0.25, 0.3) is 0 Å². The average molecular weight is 268 g/mol. The van der Waals surface area contributed by atoms with Gasteiger partial charge in [-0.25, -0.2) is 0 Å². The molecule has 110 valence electrons. The summed E-state index contributed by atoms with van der Waals surface area (Å²) in [4.78, 5) is 12.8. The first-order valence-electron chi connectivity index (χ1n) is 7.43. The normalized spacial score (nSPS) is 23.9. The highest BCUT2D eigenvalue weighted by atomic mass is 16.4. The molecular formula is C15H28N2O2. The van der Waals surface area contributed by atoms with Crippen LogP contribution in [-0.2, 0) is 4.79 Å². The fourth-order valence-corrected chi connectivity index (χ4v) is 2.75. The first kappa shape index (κ1) is 16.2. The van der Waals surface area contributed by atoms with Crippen LogP contribution < -0.4 is 5.32 Å². The summed E-state index contributed by atoms with van der Waals surface area (Å²) >= 11 is 0. The van der Waals surface area contributed by atoms with Crippen molar-refractivity contribution in [1.82, 2.24) is 10.2 Å². The minimum Gasteiger partial charge on any atom is -0.480 e. The second kappa shape index (κ2) is 8.33. The van der Waals surface area contributed by atoms with Gasteiger partial charge in [0.1, 0.15) is 0 Å². The van der Waals surface area contributed by atoms with E-state index < -0.39 is 5.97 Å². The first-order chi connectivity index (χ1) is 9.10. The summed E-state index contributed by atoms with van der Waals surface area (Å²) in [6, 6.07) is 1.57. The van der Waals surface area contributed by atoms with Crippen molar-refractivity contribution < 1.29 is 9.90 Å². The van der Waals surface area contributed by atoms with Crippen LogP contribution in [0, 0.1) is 0 Å². The molecule has 0 heterocycles. The Kier molecular flexibility index (Phi) is 7.10. The number of carboxylic acid groups (broad SMARTS) is 1. The molecule has 0 saturated heterocycles. The van der Waals surface area contributed by atoms with Gasteiger partial charge in [-0.1, -0.05) is 19.9 Å². The van der Waals surface area contributed by atoms with E-state index in [4.69, 9.17) is 5.11 Å². The molecule has 0 aromatic carbocycles. The molecule has 1 aliphatic carbocycles. The predicted octanol–water partition coefficient (Wildman–Crippen LogP) is 2.26. The second-order valence-electron chi connectivity index (χ2n) is 5.42. The lowest BCUT2D eigenvalue weighted by atomic mass is 9.84. The number of nitrogens with zero attached hydrogens (tertiary/aromatic N) is 1. The maximum Gasteiger partial charge on any atom is 0.317 e. The molecule has 0 bridgehead atoms. The highest BCUT2D eigenvalue weighted by Gasteiger charge is 2.34. The van der Waals surface area contributed by atoms with Crippen LogP contribution in [-0.4, -0.2) is 47.2 Å². The molecule has 1 rings (SSSR count). The van der Waals surface area contributed by atoms with Crippen molar-refractivity contribution >= 4 is 5.97 Å². The Morgan fingerprint density at radius 1 is 1.53 bits per heavy atom. The molecule has 4 nitrogen and oxygen atoms in total. The summed E-state index contributed by atoms with van der Waals surface area (Å²) in [7, 11) is 0. The quantitative estimate of drug-likeness (QED) is 0.597. The lowest BCUT2D eigenvalue weighted by Crippen LogP contribution is -2.55. The maximum atomic E-state index is 10.8. The minimum atomic E-state index is -0.726. The number of likely N-dealkylation sites (N-methyl/N-ethyl adjacent to an activating group) is 1. The zero-order valence-corrected chi connectivity index (χ0v) is 12.3. The molecule has 4 heteroatoms. The van der Waals surface area contributed by atoms with E-state index in [1.54, 1.807) is 0 Å². The standard InChI is InChI=1S/C15H28N2O2/c1-4-7-8-12(5-2)16-13-9-14(10-13)17(6-3)11-15(18)19/h4,12-14,16H,1,5-11H2,2-3H3,(H,18,19). The molecule has 1 unspecified atom stereocenters. The van der Waals surface area contributed by atoms with Gasteiger partial charge in [-0.15, -0.1) is 6.58 Å². The van der Waals surface area contributed by atoms with Crippen molar-refractivity contribution in [2.24, 2.45) is 0 Å². The van der Waals surface area contributed by atoms with E-state index in [-0.39, 0.29) is 6.54 Å². The molecule has 1 fully saturated rings. The van der Waals surface area contributed by atoms with E-state index in [2.05, 4.69) is 23.7 Å². The van der Waals surface area contributed by atoms with Gasteiger partial charge in [-0.2, -0.15) is 0 Å². The molecule has 1 aliphatic rings. The molecular weight excluding hydrogens is 240 g/mol. The number of rotatable bonds is 10. The van der Waals surface area contributed by atoms with Gasteiger partial charge in [0, 0.05) is 18.1 Å². The Labute approximate surface area is 116 Å². The van der Waals surface area contributed by atoms with Crippen molar-refractivity contribution in [3.8, 4) is 0 Å². The number of nitrogens with one attached hydrogen (secondary N) is 1. The van der Waals surface area contributed by atoms with Crippen LogP contribution in [0.3, 0.4) is 0 Å². The van der Waals surface area contributed by atoms with Gasteiger partial charge >= 0.3 is 5.97 Å². The third-order valence-electron chi connectivity index (χ3n) is 4.06. The SMILES string of the molecule is C=CCCC(CC)NC1CC(N(CC)CC(=O)O)C1. The second-order valence-corrected chi connectivity index (χ2v) is 5.42. The van der Waals surface area contributed by atoms with Gasteiger partial charge in [0.15, 0.2) is 0 Å². The van der Waals surface area contributed by atoms with E-state index in [0.717, 1.165) is 38.6 Å². The van der Waals surface area contributed by atoms with Crippen LogP contribution >= 0.6 is 0 Å². The summed E-state index contributed by atoms with van der Waals surface area (Å²) < 4.78 is 0. The van der Waals surface area contributed by atoms with E-state index >= 15 is 0 Å². The number of hydrogen-bond acceptors (Lipinski definition) is 3. The smallest absolute Gasteiger partial charge is 0.317 e. The largest absolute Gasteiger partial charge is 0.480 e. The van der Waals surface area contributed by atoms with Crippen LogP contribution in [0.4, 0.5) is 0 Å². The Morgan fingerprint density at radius 2 is 2.21 bits per heavy atom. The number of aliphatic carboxylic acids is 1. The fraction of sp³-hybridized carbons (Fsp3) is 0.800. The molecule has 0 aromatic rings. The van der Waals surface area contributed by atoms with Gasteiger partial charge < -0.3 is 10.4 Å². The number of carbonyl (C=O) groups is 1. The zero-order valence-electron chi connectivity index (χ0n) is 12.3. The maximum absolute atomic E-state index is 10.8. The van der Waals surface area contributed by atoms with Gasteiger partial charge in [-0.3, -0.25) is 9.69 Å². The highest BCUT2D eigenvalue weighted by Crippen LogP contribution is 2.26. The van der Waals surface area contributed by atoms with Crippen molar-refractivity contribution in [3.63, 3.8) is 0 Å². The lowest BCUT2D eigenvalue weighted by Gasteiger charge is -2.43. The number of hydrogen-bond donors (Lipinski definition) is 2.